The molecule has 0 bridgehead atoms. The molecule has 0 radical (unpaired) electrons. The molecule has 0 aromatic heterocycles. The molecule has 0 spiro atoms. The van der Waals surface area contributed by atoms with Gasteiger partial charge in [0.05, 0.1) is 18.0 Å². The maximum Gasteiger partial charge on any atom is 0.224 e. The van der Waals surface area contributed by atoms with E-state index < -0.39 is 0 Å². The van der Waals surface area contributed by atoms with Crippen LogP contribution >= 0.6 is 0 Å². The van der Waals surface area contributed by atoms with Crippen LogP contribution in [0, 0.1) is 0 Å². The van der Waals surface area contributed by atoms with Crippen LogP contribution in [0.3, 0.4) is 0 Å². The standard InChI is InChI=1S/C12H15N3O2/c13-9-7-10-8(2-3-12(16)14-10)6-11(9)15-4-1-5-17-15/h6-7H,1-5,13H2,(H,14,16). The van der Waals surface area contributed by atoms with E-state index in [0.29, 0.717) is 12.1 Å². The van der Waals surface area contributed by atoms with E-state index >= 15 is 0 Å². The van der Waals surface area contributed by atoms with E-state index in [1.807, 2.05) is 17.2 Å². The van der Waals surface area contributed by atoms with Gasteiger partial charge in [-0.2, -0.15) is 0 Å². The second kappa shape index (κ2) is 3.92. The normalized spacial score (nSPS) is 19.1. The van der Waals surface area contributed by atoms with Crippen molar-refractivity contribution in [2.75, 3.05) is 29.3 Å². The first-order valence-corrected chi connectivity index (χ1v) is 5.87. The molecule has 0 saturated carbocycles. The number of carbonyl (C=O) groups excluding carboxylic acids is 1. The van der Waals surface area contributed by atoms with E-state index in [1.165, 1.54) is 0 Å². The molecule has 0 unspecified atom stereocenters. The lowest BCUT2D eigenvalue weighted by molar-refractivity contribution is -0.116. The fraction of sp³-hybridized carbons (Fsp3) is 0.417. The first-order valence-electron chi connectivity index (χ1n) is 5.87. The summed E-state index contributed by atoms with van der Waals surface area (Å²) in [6.45, 7) is 1.61. The summed E-state index contributed by atoms with van der Waals surface area (Å²) >= 11 is 0. The summed E-state index contributed by atoms with van der Waals surface area (Å²) in [5, 5.41) is 4.68. The van der Waals surface area contributed by atoms with Gasteiger partial charge in [0.15, 0.2) is 0 Å². The second-order valence-corrected chi connectivity index (χ2v) is 4.41. The Morgan fingerprint density at radius 1 is 1.35 bits per heavy atom. The summed E-state index contributed by atoms with van der Waals surface area (Å²) in [6.07, 6.45) is 2.33. The van der Waals surface area contributed by atoms with Crippen LogP contribution in [-0.2, 0) is 16.1 Å². The Morgan fingerprint density at radius 2 is 2.24 bits per heavy atom. The Bertz CT molecular complexity index is 467. The summed E-state index contributed by atoms with van der Waals surface area (Å²) in [4.78, 5) is 16.8. The molecule has 1 amide bonds. The fourth-order valence-corrected chi connectivity index (χ4v) is 2.29. The van der Waals surface area contributed by atoms with Gasteiger partial charge in [-0.3, -0.25) is 14.7 Å². The summed E-state index contributed by atoms with van der Waals surface area (Å²) < 4.78 is 0. The van der Waals surface area contributed by atoms with Crippen molar-refractivity contribution in [3.8, 4) is 0 Å². The molecule has 5 nitrogen and oxygen atoms in total. The molecule has 2 heterocycles. The average Bonchev–Trinajstić information content (AvgIpc) is 2.81. The molecule has 3 rings (SSSR count). The van der Waals surface area contributed by atoms with Crippen LogP contribution in [0.5, 0.6) is 0 Å². The average molecular weight is 233 g/mol. The van der Waals surface area contributed by atoms with Crippen LogP contribution in [0.1, 0.15) is 18.4 Å². The first kappa shape index (κ1) is 10.4. The highest BCUT2D eigenvalue weighted by Crippen LogP contribution is 2.34. The minimum atomic E-state index is 0.0575. The Balaban J connectivity index is 1.98. The number of nitrogens with two attached hydrogens (primary N) is 1. The van der Waals surface area contributed by atoms with E-state index in [0.717, 1.165) is 42.9 Å². The molecule has 1 aromatic rings. The molecule has 2 aliphatic rings. The second-order valence-electron chi connectivity index (χ2n) is 4.41. The fourth-order valence-electron chi connectivity index (χ4n) is 2.29. The van der Waals surface area contributed by atoms with Crippen LogP contribution < -0.4 is 16.1 Å². The zero-order chi connectivity index (χ0) is 11.8. The van der Waals surface area contributed by atoms with Crippen LogP contribution in [0.4, 0.5) is 17.1 Å². The number of aryl methyl sites for hydroxylation is 1. The number of hydroxylamine groups is 1. The van der Waals surface area contributed by atoms with Gasteiger partial charge in [0.2, 0.25) is 5.91 Å². The molecule has 0 atom stereocenters. The van der Waals surface area contributed by atoms with E-state index in [2.05, 4.69) is 5.32 Å². The summed E-state index contributed by atoms with van der Waals surface area (Å²) in [6, 6.07) is 3.85. The van der Waals surface area contributed by atoms with Crippen LogP contribution in [0.2, 0.25) is 0 Å². The van der Waals surface area contributed by atoms with Gasteiger partial charge < -0.3 is 11.1 Å². The SMILES string of the molecule is Nc1cc2c(cc1N1CCCO1)CCC(=O)N2. The molecule has 2 aliphatic heterocycles. The highest BCUT2D eigenvalue weighted by Gasteiger charge is 2.21. The molecule has 17 heavy (non-hydrogen) atoms. The smallest absolute Gasteiger partial charge is 0.224 e. The quantitative estimate of drug-likeness (QED) is 0.717. The Kier molecular flexibility index (Phi) is 2.40. The maximum atomic E-state index is 11.3. The van der Waals surface area contributed by atoms with Gasteiger partial charge in [-0.1, -0.05) is 0 Å². The van der Waals surface area contributed by atoms with E-state index in [1.54, 1.807) is 0 Å². The molecular weight excluding hydrogens is 218 g/mol. The largest absolute Gasteiger partial charge is 0.397 e. The number of hydrogen-bond donors (Lipinski definition) is 2. The van der Waals surface area contributed by atoms with Crippen molar-refractivity contribution in [3.63, 3.8) is 0 Å². The number of fused-ring (bicyclic) bond motifs is 1. The zero-order valence-electron chi connectivity index (χ0n) is 9.53. The summed E-state index contributed by atoms with van der Waals surface area (Å²) in [5.41, 5.74) is 9.52. The third-order valence-corrected chi connectivity index (χ3v) is 3.17. The van der Waals surface area contributed by atoms with Gasteiger partial charge in [-0.15, -0.1) is 0 Å². The van der Waals surface area contributed by atoms with Crippen molar-refractivity contribution in [3.05, 3.63) is 17.7 Å². The lowest BCUT2D eigenvalue weighted by Crippen LogP contribution is -2.22. The first-order chi connectivity index (χ1) is 8.24. The number of nitrogen functional groups attached to an aromatic ring is 1. The Hall–Kier alpha value is -1.75. The van der Waals surface area contributed by atoms with Crippen molar-refractivity contribution in [1.82, 2.24) is 0 Å². The van der Waals surface area contributed by atoms with Crippen molar-refractivity contribution in [1.29, 1.82) is 0 Å². The van der Waals surface area contributed by atoms with Crippen molar-refractivity contribution >= 4 is 23.0 Å². The number of nitrogens with zero attached hydrogens (tertiary/aromatic N) is 1. The molecular formula is C12H15N3O2. The molecule has 0 aliphatic carbocycles. The summed E-state index contributed by atoms with van der Waals surface area (Å²) in [7, 11) is 0. The number of rotatable bonds is 1. The third kappa shape index (κ3) is 1.82. The van der Waals surface area contributed by atoms with Crippen LogP contribution in [-0.4, -0.2) is 19.1 Å². The molecule has 5 heteroatoms. The van der Waals surface area contributed by atoms with Crippen LogP contribution in [0.25, 0.3) is 0 Å². The highest BCUT2D eigenvalue weighted by atomic mass is 16.7. The predicted octanol–water partition coefficient (Wildman–Crippen LogP) is 1.30. The predicted molar refractivity (Wildman–Crippen MR) is 65.7 cm³/mol. The maximum absolute atomic E-state index is 11.3. The third-order valence-electron chi connectivity index (χ3n) is 3.17. The minimum Gasteiger partial charge on any atom is -0.397 e. The number of nitrogens with one attached hydrogen (secondary N) is 1. The molecule has 1 fully saturated rings. The minimum absolute atomic E-state index is 0.0575. The number of benzene rings is 1. The van der Waals surface area contributed by atoms with Gasteiger partial charge in [0, 0.05) is 18.7 Å². The van der Waals surface area contributed by atoms with E-state index in [9.17, 15) is 4.79 Å². The summed E-state index contributed by atoms with van der Waals surface area (Å²) in [5.74, 6) is 0.0575. The zero-order valence-corrected chi connectivity index (χ0v) is 9.53. The van der Waals surface area contributed by atoms with Gasteiger partial charge >= 0.3 is 0 Å². The topological polar surface area (TPSA) is 67.6 Å². The number of anilines is 3. The number of carbonyl (C=O) groups is 1. The van der Waals surface area contributed by atoms with E-state index in [4.69, 9.17) is 10.6 Å². The highest BCUT2D eigenvalue weighted by molar-refractivity contribution is 5.95. The Labute approximate surface area is 99.5 Å². The number of amides is 1. The lowest BCUT2D eigenvalue weighted by Gasteiger charge is -2.23. The van der Waals surface area contributed by atoms with Crippen molar-refractivity contribution in [2.45, 2.75) is 19.3 Å². The number of hydrogen-bond acceptors (Lipinski definition) is 4. The Morgan fingerprint density at radius 3 is 3.00 bits per heavy atom. The van der Waals surface area contributed by atoms with Gasteiger partial charge in [-0.25, -0.2) is 0 Å². The molecule has 90 valence electrons. The van der Waals surface area contributed by atoms with Gasteiger partial charge in [-0.05, 0) is 30.5 Å². The van der Waals surface area contributed by atoms with E-state index in [-0.39, 0.29) is 5.91 Å². The molecule has 3 N–H and O–H groups in total. The van der Waals surface area contributed by atoms with Crippen molar-refractivity contribution < 1.29 is 9.63 Å². The monoisotopic (exact) mass is 233 g/mol. The van der Waals surface area contributed by atoms with Crippen LogP contribution in [0.15, 0.2) is 12.1 Å². The van der Waals surface area contributed by atoms with Crippen molar-refractivity contribution in [2.24, 2.45) is 0 Å². The lowest BCUT2D eigenvalue weighted by atomic mass is 10.0. The van der Waals surface area contributed by atoms with Gasteiger partial charge in [0.25, 0.3) is 0 Å². The molecule has 1 saturated heterocycles. The van der Waals surface area contributed by atoms with Gasteiger partial charge in [0.1, 0.15) is 0 Å². The molecule has 1 aromatic carbocycles.